The van der Waals surface area contributed by atoms with E-state index in [0.29, 0.717) is 25.2 Å². The predicted octanol–water partition coefficient (Wildman–Crippen LogP) is 3.87. The van der Waals surface area contributed by atoms with Gasteiger partial charge in [-0.15, -0.1) is 0 Å². The number of rotatable bonds is 12. The van der Waals surface area contributed by atoms with Crippen LogP contribution in [0.15, 0.2) is 47.6 Å². The Morgan fingerprint density at radius 1 is 1.10 bits per heavy atom. The first-order valence-corrected chi connectivity index (χ1v) is 11.3. The Hall–Kier alpha value is -1.84. The van der Waals surface area contributed by atoms with Crippen molar-refractivity contribution in [3.8, 4) is 5.75 Å². The van der Waals surface area contributed by atoms with Crippen LogP contribution in [0, 0.1) is 10.1 Å². The van der Waals surface area contributed by atoms with Crippen molar-refractivity contribution >= 4 is 21.3 Å². The summed E-state index contributed by atoms with van der Waals surface area (Å²) in [5.41, 5.74) is 1.77. The minimum absolute atomic E-state index is 0.0123. The van der Waals surface area contributed by atoms with Gasteiger partial charge in [0, 0.05) is 12.1 Å². The second-order valence-corrected chi connectivity index (χ2v) is 8.85. The number of phosphoric ester groups is 1. The molecule has 1 unspecified atom stereocenters. The molecule has 0 heterocycles. The van der Waals surface area contributed by atoms with Gasteiger partial charge in [0.1, 0.15) is 12.4 Å². The lowest BCUT2D eigenvalue weighted by Crippen LogP contribution is -1.99. The molecular formula is C16H23NO10P2. The molecule has 0 radical (unpaired) electrons. The summed E-state index contributed by atoms with van der Waals surface area (Å²) < 4.78 is 35.5. The Bertz CT molecular complexity index is 844. The number of benzene rings is 1. The molecule has 13 heteroatoms. The topological polar surface area (TPSA) is 166 Å². The zero-order chi connectivity index (χ0) is 22.1. The van der Waals surface area contributed by atoms with Crippen molar-refractivity contribution in [2.45, 2.75) is 26.7 Å². The van der Waals surface area contributed by atoms with E-state index in [1.54, 1.807) is 6.92 Å². The summed E-state index contributed by atoms with van der Waals surface area (Å²) in [6.45, 7) is 3.61. The largest absolute Gasteiger partial charge is 0.489 e. The van der Waals surface area contributed by atoms with Gasteiger partial charge in [0.2, 0.25) is 0 Å². The maximum Gasteiger partial charge on any atom is 0.481 e. The fourth-order valence-electron chi connectivity index (χ4n) is 2.00. The fraction of sp³-hybridized carbons (Fsp3) is 0.375. The van der Waals surface area contributed by atoms with Gasteiger partial charge in [-0.25, -0.2) is 9.13 Å². The number of non-ortho nitro benzene ring substituents is 1. The van der Waals surface area contributed by atoms with Gasteiger partial charge in [0.25, 0.3) is 5.69 Å². The Morgan fingerprint density at radius 3 is 2.28 bits per heavy atom. The van der Waals surface area contributed by atoms with E-state index >= 15 is 0 Å². The second kappa shape index (κ2) is 11.4. The summed E-state index contributed by atoms with van der Waals surface area (Å²) >= 11 is 0. The Balaban J connectivity index is 2.37. The highest BCUT2D eigenvalue weighted by Crippen LogP contribution is 2.57. The van der Waals surface area contributed by atoms with E-state index in [1.165, 1.54) is 30.3 Å². The lowest BCUT2D eigenvalue weighted by molar-refractivity contribution is -0.384. The summed E-state index contributed by atoms with van der Waals surface area (Å²) in [7, 11) is -9.96. The first kappa shape index (κ1) is 25.2. The van der Waals surface area contributed by atoms with Gasteiger partial charge < -0.3 is 19.4 Å². The molecule has 29 heavy (non-hydrogen) atoms. The van der Waals surface area contributed by atoms with Crippen LogP contribution in [-0.4, -0.2) is 32.8 Å². The van der Waals surface area contributed by atoms with Crippen LogP contribution in [0.1, 0.15) is 26.7 Å². The first-order chi connectivity index (χ1) is 13.4. The number of phosphoric acid groups is 2. The average Bonchev–Trinajstić information content (AvgIpc) is 2.58. The third-order valence-corrected chi connectivity index (χ3v) is 5.58. The molecule has 0 aliphatic heterocycles. The second-order valence-electron chi connectivity index (χ2n) is 6.02. The number of hydrogen-bond donors (Lipinski definition) is 3. The van der Waals surface area contributed by atoms with Crippen LogP contribution in [0.5, 0.6) is 5.75 Å². The van der Waals surface area contributed by atoms with Gasteiger partial charge in [0.05, 0.1) is 11.5 Å². The van der Waals surface area contributed by atoms with Crippen LogP contribution in [0.25, 0.3) is 0 Å². The molecule has 0 fully saturated rings. The summed E-state index contributed by atoms with van der Waals surface area (Å²) in [5, 5.41) is 10.6. The minimum Gasteiger partial charge on any atom is -0.489 e. The molecule has 0 bridgehead atoms. The quantitative estimate of drug-likeness (QED) is 0.184. The Labute approximate surface area is 167 Å². The van der Waals surface area contributed by atoms with E-state index in [-0.39, 0.29) is 12.3 Å². The molecule has 0 spiro atoms. The van der Waals surface area contributed by atoms with Crippen LogP contribution in [0.4, 0.5) is 5.69 Å². The minimum atomic E-state index is -5.12. The number of nitrogens with zero attached hydrogens (tertiary/aromatic N) is 1. The van der Waals surface area contributed by atoms with E-state index in [0.717, 1.165) is 11.1 Å². The normalized spacial score (nSPS) is 15.1. The maximum atomic E-state index is 11.3. The molecule has 0 aliphatic rings. The van der Waals surface area contributed by atoms with Gasteiger partial charge in [-0.2, -0.15) is 4.31 Å². The SMILES string of the molecule is C/C(=C\COP(=O)(O)OP(=O)(O)O)CC/C=C(\C)COc1ccc([N+](=O)[O-])cc1. The van der Waals surface area contributed by atoms with Crippen molar-refractivity contribution < 1.29 is 42.3 Å². The smallest absolute Gasteiger partial charge is 0.481 e. The van der Waals surface area contributed by atoms with Crippen LogP contribution in [0.3, 0.4) is 0 Å². The number of nitro groups is 1. The van der Waals surface area contributed by atoms with E-state index in [2.05, 4.69) is 8.83 Å². The zero-order valence-corrected chi connectivity index (χ0v) is 17.6. The van der Waals surface area contributed by atoms with Gasteiger partial charge in [0.15, 0.2) is 0 Å². The molecule has 0 aromatic heterocycles. The van der Waals surface area contributed by atoms with E-state index in [9.17, 15) is 19.2 Å². The monoisotopic (exact) mass is 451 g/mol. The molecule has 3 N–H and O–H groups in total. The molecule has 1 atom stereocenters. The van der Waals surface area contributed by atoms with E-state index < -0.39 is 20.6 Å². The predicted molar refractivity (Wildman–Crippen MR) is 104 cm³/mol. The Kier molecular flexibility index (Phi) is 9.88. The van der Waals surface area contributed by atoms with Crippen molar-refractivity contribution in [2.75, 3.05) is 13.2 Å². The zero-order valence-electron chi connectivity index (χ0n) is 15.8. The molecule has 1 aromatic carbocycles. The summed E-state index contributed by atoms with van der Waals surface area (Å²) in [5.74, 6) is 0.516. The van der Waals surface area contributed by atoms with Crippen LogP contribution in [0.2, 0.25) is 0 Å². The van der Waals surface area contributed by atoms with Crippen LogP contribution < -0.4 is 4.74 Å². The standard InChI is InChI=1S/C16H23NO10P2/c1-13(10-11-26-29(23,24)27-28(20,21)22)4-3-5-14(2)12-25-16-8-6-15(7-9-16)17(18)19/h5-10H,3-4,11-12H2,1-2H3,(H,23,24)(H2,20,21,22)/b13-10+,14-5+. The van der Waals surface area contributed by atoms with E-state index in [4.69, 9.17) is 19.4 Å². The molecule has 0 amide bonds. The molecule has 11 nitrogen and oxygen atoms in total. The van der Waals surface area contributed by atoms with Crippen molar-refractivity contribution in [1.29, 1.82) is 0 Å². The molecule has 0 saturated carbocycles. The molecule has 1 rings (SSSR count). The Morgan fingerprint density at radius 2 is 1.72 bits per heavy atom. The number of allylic oxidation sites excluding steroid dienone is 2. The molecule has 0 aliphatic carbocycles. The highest BCUT2D eigenvalue weighted by Gasteiger charge is 2.31. The lowest BCUT2D eigenvalue weighted by atomic mass is 10.1. The number of nitro benzene ring substituents is 1. The summed E-state index contributed by atoms with van der Waals surface area (Å²) in [6, 6.07) is 5.77. The average molecular weight is 451 g/mol. The van der Waals surface area contributed by atoms with Gasteiger partial charge in [-0.1, -0.05) is 17.7 Å². The number of hydrogen-bond acceptors (Lipinski definition) is 7. The molecule has 162 valence electrons. The summed E-state index contributed by atoms with van der Waals surface area (Å²) in [6.07, 6.45) is 4.72. The van der Waals surface area contributed by atoms with Gasteiger partial charge in [-0.05, 0) is 44.4 Å². The molecule has 0 saturated heterocycles. The van der Waals surface area contributed by atoms with Gasteiger partial charge in [-0.3, -0.25) is 14.6 Å². The highest BCUT2D eigenvalue weighted by atomic mass is 31.3. The van der Waals surface area contributed by atoms with E-state index in [1.807, 2.05) is 13.0 Å². The lowest BCUT2D eigenvalue weighted by Gasteiger charge is -2.11. The van der Waals surface area contributed by atoms with Crippen LogP contribution in [-0.2, 0) is 18.0 Å². The number of ether oxygens (including phenoxy) is 1. The fourth-order valence-corrected chi connectivity index (χ4v) is 3.53. The maximum absolute atomic E-state index is 11.3. The summed E-state index contributed by atoms with van der Waals surface area (Å²) in [4.78, 5) is 36.3. The highest BCUT2D eigenvalue weighted by molar-refractivity contribution is 7.60. The van der Waals surface area contributed by atoms with Crippen molar-refractivity contribution in [3.05, 3.63) is 57.7 Å². The third-order valence-electron chi connectivity index (χ3n) is 3.42. The van der Waals surface area contributed by atoms with Crippen molar-refractivity contribution in [2.24, 2.45) is 0 Å². The molecular weight excluding hydrogens is 428 g/mol. The van der Waals surface area contributed by atoms with Crippen molar-refractivity contribution in [3.63, 3.8) is 0 Å². The van der Waals surface area contributed by atoms with Crippen molar-refractivity contribution in [1.82, 2.24) is 0 Å². The first-order valence-electron chi connectivity index (χ1n) is 8.31. The molecule has 1 aromatic rings. The van der Waals surface area contributed by atoms with Gasteiger partial charge >= 0.3 is 15.6 Å². The van der Waals surface area contributed by atoms with Crippen LogP contribution >= 0.6 is 15.6 Å². The third kappa shape index (κ3) is 11.7.